The highest BCUT2D eigenvalue weighted by atomic mass is 35.5. The lowest BCUT2D eigenvalue weighted by Crippen LogP contribution is -2.37. The van der Waals surface area contributed by atoms with Gasteiger partial charge in [-0.15, -0.1) is 0 Å². The van der Waals surface area contributed by atoms with E-state index < -0.39 is 11.9 Å². The number of halogens is 1. The molecule has 2 unspecified atom stereocenters. The number of dihydropyridines is 1. The van der Waals surface area contributed by atoms with Gasteiger partial charge in [0, 0.05) is 29.3 Å². The quantitative estimate of drug-likeness (QED) is 0.401. The minimum Gasteiger partial charge on any atom is -0.503 e. The zero-order valence-corrected chi connectivity index (χ0v) is 22.6. The number of ketones is 1. The Morgan fingerprint density at radius 3 is 2.53 bits per heavy atom. The van der Waals surface area contributed by atoms with E-state index in [0.717, 1.165) is 43.4 Å². The zero-order valence-electron chi connectivity index (χ0n) is 21.9. The molecule has 2 aliphatic carbocycles. The van der Waals surface area contributed by atoms with Gasteiger partial charge >= 0.3 is 5.97 Å². The van der Waals surface area contributed by atoms with Gasteiger partial charge in [0.2, 0.25) is 0 Å². The van der Waals surface area contributed by atoms with Crippen molar-refractivity contribution in [2.75, 3.05) is 6.61 Å². The molecule has 2 aromatic carbocycles. The van der Waals surface area contributed by atoms with Crippen molar-refractivity contribution in [3.05, 3.63) is 81.2 Å². The highest BCUT2D eigenvalue weighted by Gasteiger charge is 2.42. The summed E-state index contributed by atoms with van der Waals surface area (Å²) in [5, 5.41) is 14.0. The van der Waals surface area contributed by atoms with Crippen molar-refractivity contribution in [2.24, 2.45) is 0 Å². The molecule has 200 valence electrons. The van der Waals surface area contributed by atoms with Crippen LogP contribution in [0.15, 0.2) is 65.0 Å². The van der Waals surface area contributed by atoms with E-state index in [1.807, 2.05) is 44.2 Å². The topological polar surface area (TPSA) is 84.9 Å². The summed E-state index contributed by atoms with van der Waals surface area (Å²) >= 11 is 6.43. The van der Waals surface area contributed by atoms with E-state index in [4.69, 9.17) is 21.1 Å². The average molecular weight is 536 g/mol. The molecule has 2 N–H and O–H groups in total. The molecule has 2 aromatic rings. The van der Waals surface area contributed by atoms with Gasteiger partial charge in [-0.3, -0.25) is 4.79 Å². The zero-order chi connectivity index (χ0) is 26.8. The van der Waals surface area contributed by atoms with Crippen molar-refractivity contribution in [2.45, 2.75) is 76.7 Å². The lowest BCUT2D eigenvalue weighted by Gasteiger charge is -2.37. The number of esters is 1. The Hall–Kier alpha value is -3.25. The van der Waals surface area contributed by atoms with Gasteiger partial charge in [-0.2, -0.15) is 0 Å². The molecular weight excluding hydrogens is 502 g/mol. The summed E-state index contributed by atoms with van der Waals surface area (Å²) in [6.45, 7) is 4.00. The SMILES string of the molecule is CCOc1cc(C2C(C(=O)OC3CCCCC3)=C(C)NC3=C2C(=O)CC(c2ccccc2)C3)cc(Cl)c1O. The highest BCUT2D eigenvalue weighted by Crippen LogP contribution is 2.48. The fourth-order valence-corrected chi connectivity index (χ4v) is 6.25. The second-order valence-electron chi connectivity index (χ2n) is 10.4. The molecule has 0 bridgehead atoms. The smallest absolute Gasteiger partial charge is 0.337 e. The third-order valence-corrected chi connectivity index (χ3v) is 8.12. The molecule has 5 rings (SSSR count). The van der Waals surface area contributed by atoms with E-state index in [0.29, 0.717) is 41.9 Å². The number of benzene rings is 2. The van der Waals surface area contributed by atoms with Crippen LogP contribution in [-0.4, -0.2) is 29.6 Å². The lowest BCUT2D eigenvalue weighted by atomic mass is 9.71. The van der Waals surface area contributed by atoms with E-state index in [9.17, 15) is 14.7 Å². The molecule has 1 fully saturated rings. The van der Waals surface area contributed by atoms with Crippen molar-refractivity contribution in [3.8, 4) is 11.5 Å². The van der Waals surface area contributed by atoms with Crippen LogP contribution < -0.4 is 10.1 Å². The summed E-state index contributed by atoms with van der Waals surface area (Å²) in [5.41, 5.74) is 4.17. The Kier molecular flexibility index (Phi) is 7.80. The third kappa shape index (κ3) is 5.19. The number of hydrogen-bond acceptors (Lipinski definition) is 6. The number of allylic oxidation sites excluding steroid dienone is 3. The number of phenolic OH excluding ortho intramolecular Hbond substituents is 1. The molecule has 1 saturated carbocycles. The normalized spacial score (nSPS) is 22.1. The predicted octanol–water partition coefficient (Wildman–Crippen LogP) is 6.68. The van der Waals surface area contributed by atoms with E-state index in [1.165, 1.54) is 0 Å². The number of carbonyl (C=O) groups excluding carboxylic acids is 2. The number of nitrogens with one attached hydrogen (secondary N) is 1. The number of hydrogen-bond donors (Lipinski definition) is 2. The summed E-state index contributed by atoms with van der Waals surface area (Å²) in [6, 6.07) is 13.3. The van der Waals surface area contributed by atoms with Crippen molar-refractivity contribution in [1.82, 2.24) is 5.32 Å². The summed E-state index contributed by atoms with van der Waals surface area (Å²) in [4.78, 5) is 27.6. The average Bonchev–Trinajstić information content (AvgIpc) is 2.91. The van der Waals surface area contributed by atoms with E-state index >= 15 is 0 Å². The van der Waals surface area contributed by atoms with Crippen LogP contribution in [0.2, 0.25) is 5.02 Å². The molecule has 6 nitrogen and oxygen atoms in total. The number of rotatable bonds is 6. The second kappa shape index (κ2) is 11.2. The van der Waals surface area contributed by atoms with Crippen LogP contribution in [0.5, 0.6) is 11.5 Å². The molecule has 7 heteroatoms. The first-order valence-electron chi connectivity index (χ1n) is 13.5. The maximum atomic E-state index is 13.8. The van der Waals surface area contributed by atoms with Crippen molar-refractivity contribution in [3.63, 3.8) is 0 Å². The van der Waals surface area contributed by atoms with Gasteiger partial charge in [0.05, 0.1) is 17.2 Å². The summed E-state index contributed by atoms with van der Waals surface area (Å²) in [7, 11) is 0. The maximum Gasteiger partial charge on any atom is 0.337 e. The van der Waals surface area contributed by atoms with E-state index in [2.05, 4.69) is 5.32 Å². The van der Waals surface area contributed by atoms with Gasteiger partial charge < -0.3 is 19.9 Å². The molecule has 38 heavy (non-hydrogen) atoms. The summed E-state index contributed by atoms with van der Waals surface area (Å²) in [5.74, 6) is -1.01. The van der Waals surface area contributed by atoms with Crippen molar-refractivity contribution >= 4 is 23.4 Å². The van der Waals surface area contributed by atoms with E-state index in [1.54, 1.807) is 12.1 Å². The molecule has 0 aromatic heterocycles. The van der Waals surface area contributed by atoms with Crippen LogP contribution in [0.25, 0.3) is 0 Å². The fourth-order valence-electron chi connectivity index (χ4n) is 6.03. The number of carbonyl (C=O) groups is 2. The minimum absolute atomic E-state index is 0.0183. The number of phenols is 1. The van der Waals surface area contributed by atoms with Crippen LogP contribution in [0.3, 0.4) is 0 Å². The van der Waals surface area contributed by atoms with Gasteiger partial charge in [-0.05, 0) is 75.1 Å². The first-order chi connectivity index (χ1) is 18.4. The monoisotopic (exact) mass is 535 g/mol. The Bertz CT molecular complexity index is 1290. The number of Topliss-reactive ketones (excluding diaryl/α,β-unsaturated/α-hetero) is 1. The Morgan fingerprint density at radius 1 is 1.08 bits per heavy atom. The van der Waals surface area contributed by atoms with Gasteiger partial charge in [-0.25, -0.2) is 4.79 Å². The predicted molar refractivity (Wildman–Crippen MR) is 146 cm³/mol. The van der Waals surface area contributed by atoms with Crippen LogP contribution in [0.1, 0.15) is 81.8 Å². The van der Waals surface area contributed by atoms with Crippen LogP contribution in [0.4, 0.5) is 0 Å². The minimum atomic E-state index is -0.677. The molecule has 3 aliphatic rings. The molecule has 0 amide bonds. The molecule has 0 radical (unpaired) electrons. The van der Waals surface area contributed by atoms with Crippen LogP contribution in [-0.2, 0) is 14.3 Å². The Labute approximate surface area is 228 Å². The second-order valence-corrected chi connectivity index (χ2v) is 10.8. The van der Waals surface area contributed by atoms with E-state index in [-0.39, 0.29) is 34.3 Å². The third-order valence-electron chi connectivity index (χ3n) is 7.83. The highest BCUT2D eigenvalue weighted by molar-refractivity contribution is 6.32. The molecular formula is C31H34ClNO5. The molecule has 2 atom stereocenters. The summed E-state index contributed by atoms with van der Waals surface area (Å²) in [6.07, 6.45) is 5.79. The molecule has 0 saturated heterocycles. The largest absolute Gasteiger partial charge is 0.503 e. The number of aromatic hydroxyl groups is 1. The Morgan fingerprint density at radius 2 is 1.82 bits per heavy atom. The summed E-state index contributed by atoms with van der Waals surface area (Å²) < 4.78 is 11.7. The van der Waals surface area contributed by atoms with Crippen LogP contribution in [0, 0.1) is 0 Å². The first-order valence-corrected chi connectivity index (χ1v) is 13.9. The number of ether oxygens (including phenoxy) is 2. The van der Waals surface area contributed by atoms with Crippen molar-refractivity contribution < 1.29 is 24.2 Å². The van der Waals surface area contributed by atoms with Gasteiger partial charge in [-0.1, -0.05) is 48.4 Å². The van der Waals surface area contributed by atoms with Crippen LogP contribution >= 0.6 is 11.6 Å². The fraction of sp³-hybridized carbons (Fsp3) is 0.419. The first kappa shape index (κ1) is 26.4. The van der Waals surface area contributed by atoms with Crippen molar-refractivity contribution in [1.29, 1.82) is 0 Å². The molecule has 1 heterocycles. The lowest BCUT2D eigenvalue weighted by molar-refractivity contribution is -0.146. The van der Waals surface area contributed by atoms with Gasteiger partial charge in [0.1, 0.15) is 6.10 Å². The van der Waals surface area contributed by atoms with Gasteiger partial charge in [0.15, 0.2) is 17.3 Å². The molecule has 0 spiro atoms. The van der Waals surface area contributed by atoms with Gasteiger partial charge in [0.25, 0.3) is 0 Å². The molecule has 1 aliphatic heterocycles. The standard InChI is InChI=1S/C31H34ClNO5/c1-3-37-26-17-21(14-23(32)30(26)35)28-27(31(36)38-22-12-8-5-9-13-22)18(2)33-24-15-20(16-25(34)29(24)28)19-10-6-4-7-11-19/h4,6-7,10-11,14,17,20,22,28,33,35H,3,5,8-9,12-13,15-16H2,1-2H3. The maximum absolute atomic E-state index is 13.8. The Balaban J connectivity index is 1.59.